The van der Waals surface area contributed by atoms with Crippen LogP contribution in [-0.4, -0.2) is 16.6 Å². The maximum Gasteiger partial charge on any atom is 0.171 e. The first kappa shape index (κ1) is 13.1. The van der Waals surface area contributed by atoms with Crippen molar-refractivity contribution in [3.05, 3.63) is 53.5 Å². The Kier molecular flexibility index (Phi) is 3.65. The average Bonchev–Trinajstić information content (AvgIpc) is 2.70. The summed E-state index contributed by atoms with van der Waals surface area (Å²) in [6.07, 6.45) is 4.65. The topological polar surface area (TPSA) is 36.4 Å². The highest BCUT2D eigenvalue weighted by Gasteiger charge is 2.21. The Morgan fingerprint density at radius 2 is 2.05 bits per heavy atom. The molecule has 1 aliphatic heterocycles. The van der Waals surface area contributed by atoms with E-state index in [-0.39, 0.29) is 12.2 Å². The number of aryl methyl sites for hydroxylation is 1. The van der Waals surface area contributed by atoms with Crippen molar-refractivity contribution in [2.45, 2.75) is 25.9 Å². The van der Waals surface area contributed by atoms with Crippen molar-refractivity contribution < 1.29 is 9.50 Å². The molecule has 0 bridgehead atoms. The van der Waals surface area contributed by atoms with Crippen LogP contribution in [0, 0.1) is 5.82 Å². The highest BCUT2D eigenvalue weighted by Crippen LogP contribution is 2.33. The molecule has 0 spiro atoms. The maximum absolute atomic E-state index is 14.4. The number of aromatic nitrogens is 1. The van der Waals surface area contributed by atoms with Gasteiger partial charge in [0, 0.05) is 24.0 Å². The maximum atomic E-state index is 14.4. The Morgan fingerprint density at radius 1 is 1.20 bits per heavy atom. The first-order chi connectivity index (χ1) is 9.81. The summed E-state index contributed by atoms with van der Waals surface area (Å²) in [5.41, 5.74) is 2.53. The van der Waals surface area contributed by atoms with Crippen LogP contribution in [0.25, 0.3) is 0 Å². The Labute approximate surface area is 117 Å². The Balaban J connectivity index is 2.10. The largest absolute Gasteiger partial charge is 0.392 e. The lowest BCUT2D eigenvalue weighted by Crippen LogP contribution is -2.21. The standard InChI is InChI=1S/C16H17FN2O/c17-15-13(11-20)8-9-18-16(15)19-10-4-3-6-12-5-1-2-7-14(12)19/h1-2,5,7-9,20H,3-4,6,10-11H2. The molecule has 0 unspecified atom stereocenters. The number of fused-ring (bicyclic) bond motifs is 1. The molecule has 4 heteroatoms. The zero-order valence-corrected chi connectivity index (χ0v) is 11.2. The summed E-state index contributed by atoms with van der Waals surface area (Å²) in [6.45, 7) is 0.437. The predicted octanol–water partition coefficient (Wildman–Crippen LogP) is 3.19. The zero-order chi connectivity index (χ0) is 13.9. The van der Waals surface area contributed by atoms with E-state index < -0.39 is 5.82 Å². The minimum atomic E-state index is -0.424. The second-order valence-electron chi connectivity index (χ2n) is 5.00. The third kappa shape index (κ3) is 2.27. The molecule has 20 heavy (non-hydrogen) atoms. The lowest BCUT2D eigenvalue weighted by atomic mass is 10.1. The van der Waals surface area contributed by atoms with Gasteiger partial charge in [0.1, 0.15) is 0 Å². The van der Waals surface area contributed by atoms with Crippen LogP contribution in [-0.2, 0) is 13.0 Å². The molecular formula is C16H17FN2O. The van der Waals surface area contributed by atoms with E-state index >= 15 is 0 Å². The van der Waals surface area contributed by atoms with Gasteiger partial charge in [0.2, 0.25) is 0 Å². The van der Waals surface area contributed by atoms with Gasteiger partial charge in [0.25, 0.3) is 0 Å². The van der Waals surface area contributed by atoms with Gasteiger partial charge in [0.15, 0.2) is 11.6 Å². The van der Waals surface area contributed by atoms with Crippen molar-refractivity contribution in [3.8, 4) is 0 Å². The fourth-order valence-corrected chi connectivity index (χ4v) is 2.69. The van der Waals surface area contributed by atoms with Crippen LogP contribution in [0.4, 0.5) is 15.9 Å². The Hall–Kier alpha value is -1.94. The summed E-state index contributed by atoms with van der Waals surface area (Å²) < 4.78 is 14.4. The molecule has 104 valence electrons. The second kappa shape index (κ2) is 5.59. The fraction of sp³-hybridized carbons (Fsp3) is 0.312. The van der Waals surface area contributed by atoms with Crippen LogP contribution in [0.1, 0.15) is 24.0 Å². The van der Waals surface area contributed by atoms with E-state index in [2.05, 4.69) is 11.1 Å². The van der Waals surface area contributed by atoms with Crippen LogP contribution in [0.5, 0.6) is 0 Å². The summed E-state index contributed by atoms with van der Waals surface area (Å²) in [7, 11) is 0. The second-order valence-corrected chi connectivity index (χ2v) is 5.00. The molecule has 1 aromatic carbocycles. The fourth-order valence-electron chi connectivity index (χ4n) is 2.69. The molecule has 0 atom stereocenters. The summed E-state index contributed by atoms with van der Waals surface area (Å²) in [4.78, 5) is 6.12. The molecule has 0 saturated carbocycles. The van der Waals surface area contributed by atoms with Crippen LogP contribution >= 0.6 is 0 Å². The van der Waals surface area contributed by atoms with Gasteiger partial charge >= 0.3 is 0 Å². The van der Waals surface area contributed by atoms with E-state index in [0.29, 0.717) is 5.82 Å². The van der Waals surface area contributed by atoms with E-state index in [9.17, 15) is 9.50 Å². The Bertz CT molecular complexity index is 615. The molecule has 1 N–H and O–H groups in total. The van der Waals surface area contributed by atoms with Crippen molar-refractivity contribution in [1.29, 1.82) is 0 Å². The summed E-state index contributed by atoms with van der Waals surface area (Å²) in [5.74, 6) is -0.113. The molecule has 2 aromatic rings. The number of hydrogen-bond donors (Lipinski definition) is 1. The first-order valence-electron chi connectivity index (χ1n) is 6.91. The number of anilines is 2. The molecule has 0 aliphatic carbocycles. The van der Waals surface area contributed by atoms with E-state index in [1.54, 1.807) is 6.20 Å². The molecular weight excluding hydrogens is 255 g/mol. The smallest absolute Gasteiger partial charge is 0.171 e. The number of aliphatic hydroxyl groups excluding tert-OH is 1. The number of benzene rings is 1. The molecule has 0 radical (unpaired) electrons. The van der Waals surface area contributed by atoms with E-state index in [1.165, 1.54) is 11.6 Å². The monoisotopic (exact) mass is 272 g/mol. The number of nitrogens with zero attached hydrogens (tertiary/aromatic N) is 2. The number of hydrogen-bond acceptors (Lipinski definition) is 3. The summed E-state index contributed by atoms with van der Waals surface area (Å²) >= 11 is 0. The number of pyridine rings is 1. The van der Waals surface area contributed by atoms with Gasteiger partial charge in [0.05, 0.1) is 6.61 Å². The van der Waals surface area contributed by atoms with Gasteiger partial charge in [-0.15, -0.1) is 0 Å². The molecule has 3 nitrogen and oxygen atoms in total. The van der Waals surface area contributed by atoms with Crippen LogP contribution in [0.3, 0.4) is 0 Å². The van der Waals surface area contributed by atoms with E-state index in [4.69, 9.17) is 0 Å². The van der Waals surface area contributed by atoms with Gasteiger partial charge in [-0.05, 0) is 37.0 Å². The van der Waals surface area contributed by atoms with Gasteiger partial charge in [-0.25, -0.2) is 9.37 Å². The highest BCUT2D eigenvalue weighted by atomic mass is 19.1. The van der Waals surface area contributed by atoms with Crippen molar-refractivity contribution >= 4 is 11.5 Å². The van der Waals surface area contributed by atoms with E-state index in [0.717, 1.165) is 31.5 Å². The predicted molar refractivity (Wildman–Crippen MR) is 76.5 cm³/mol. The molecule has 0 amide bonds. The van der Waals surface area contributed by atoms with Crippen LogP contribution < -0.4 is 4.90 Å². The molecule has 0 saturated heterocycles. The van der Waals surface area contributed by atoms with Gasteiger partial charge in [-0.1, -0.05) is 18.2 Å². The molecule has 2 heterocycles. The lowest BCUT2D eigenvalue weighted by Gasteiger charge is -2.24. The number of aliphatic hydroxyl groups is 1. The molecule has 1 aromatic heterocycles. The lowest BCUT2D eigenvalue weighted by molar-refractivity contribution is 0.275. The normalized spacial score (nSPS) is 14.8. The molecule has 1 aliphatic rings. The molecule has 3 rings (SSSR count). The van der Waals surface area contributed by atoms with Crippen molar-refractivity contribution in [1.82, 2.24) is 4.98 Å². The summed E-state index contributed by atoms with van der Waals surface area (Å²) in [6, 6.07) is 9.58. The van der Waals surface area contributed by atoms with Crippen molar-refractivity contribution in [2.24, 2.45) is 0 Å². The SMILES string of the molecule is OCc1ccnc(N2CCCCc3ccccc32)c1F. The van der Waals surface area contributed by atoms with E-state index in [1.807, 2.05) is 23.1 Å². The van der Waals surface area contributed by atoms with Crippen LogP contribution in [0.2, 0.25) is 0 Å². The minimum Gasteiger partial charge on any atom is -0.392 e. The first-order valence-corrected chi connectivity index (χ1v) is 6.91. The van der Waals surface area contributed by atoms with Crippen LogP contribution in [0.15, 0.2) is 36.5 Å². The third-order valence-corrected chi connectivity index (χ3v) is 3.74. The van der Waals surface area contributed by atoms with Crippen molar-refractivity contribution in [2.75, 3.05) is 11.4 Å². The van der Waals surface area contributed by atoms with Gasteiger partial charge in [-0.2, -0.15) is 0 Å². The summed E-state index contributed by atoms with van der Waals surface area (Å²) in [5, 5.41) is 9.21. The van der Waals surface area contributed by atoms with Crippen molar-refractivity contribution in [3.63, 3.8) is 0 Å². The number of rotatable bonds is 2. The zero-order valence-electron chi connectivity index (χ0n) is 11.2. The average molecular weight is 272 g/mol. The number of para-hydroxylation sites is 1. The third-order valence-electron chi connectivity index (χ3n) is 3.74. The number of halogens is 1. The highest BCUT2D eigenvalue weighted by molar-refractivity contribution is 5.65. The minimum absolute atomic E-state index is 0.289. The molecule has 0 fully saturated rings. The quantitative estimate of drug-likeness (QED) is 0.912. The Morgan fingerprint density at radius 3 is 2.90 bits per heavy atom. The van der Waals surface area contributed by atoms with Gasteiger partial charge < -0.3 is 10.0 Å². The van der Waals surface area contributed by atoms with Gasteiger partial charge in [-0.3, -0.25) is 0 Å².